The molecule has 0 aromatic rings. The number of hydrogen-bond donors (Lipinski definition) is 3. The second-order valence-corrected chi connectivity index (χ2v) is 7.10. The van der Waals surface area contributed by atoms with Gasteiger partial charge in [-0.25, -0.2) is 0 Å². The first-order valence-electron chi connectivity index (χ1n) is 8.93. The van der Waals surface area contributed by atoms with Gasteiger partial charge in [0.2, 0.25) is 5.91 Å². The number of likely N-dealkylation sites (tertiary alicyclic amines) is 1. The predicted molar refractivity (Wildman–Crippen MR) is 96.5 cm³/mol. The van der Waals surface area contributed by atoms with Crippen molar-refractivity contribution in [2.45, 2.75) is 59.4 Å². The van der Waals surface area contributed by atoms with Gasteiger partial charge in [-0.2, -0.15) is 0 Å². The molecule has 1 aliphatic heterocycles. The van der Waals surface area contributed by atoms with Crippen LogP contribution in [0, 0.1) is 5.41 Å². The minimum atomic E-state index is -0.619. The lowest BCUT2D eigenvalue weighted by atomic mass is 9.93. The normalized spacial score (nSPS) is 20.3. The van der Waals surface area contributed by atoms with Crippen LogP contribution in [0.25, 0.3) is 0 Å². The molecule has 1 atom stereocenters. The van der Waals surface area contributed by atoms with Crippen molar-refractivity contribution in [1.82, 2.24) is 15.5 Å². The van der Waals surface area contributed by atoms with Gasteiger partial charge in [-0.15, -0.1) is 0 Å². The van der Waals surface area contributed by atoms with Gasteiger partial charge in [0.25, 0.3) is 0 Å². The van der Waals surface area contributed by atoms with E-state index < -0.39 is 5.41 Å². The summed E-state index contributed by atoms with van der Waals surface area (Å²) >= 11 is 0. The Kier molecular flexibility index (Phi) is 8.37. The number of carbonyl (C=O) groups excluding carboxylic acids is 1. The molecular weight excluding hydrogens is 290 g/mol. The third-order valence-corrected chi connectivity index (χ3v) is 4.50. The van der Waals surface area contributed by atoms with Crippen LogP contribution in [0.5, 0.6) is 0 Å². The number of amides is 1. The van der Waals surface area contributed by atoms with E-state index in [1.807, 2.05) is 20.8 Å². The molecule has 4 N–H and O–H groups in total. The van der Waals surface area contributed by atoms with Crippen molar-refractivity contribution in [3.63, 3.8) is 0 Å². The fourth-order valence-corrected chi connectivity index (χ4v) is 2.68. The van der Waals surface area contributed by atoms with E-state index in [1.165, 1.54) is 25.8 Å². The number of piperidine rings is 1. The molecule has 23 heavy (non-hydrogen) atoms. The zero-order valence-electron chi connectivity index (χ0n) is 15.3. The molecule has 0 spiro atoms. The van der Waals surface area contributed by atoms with Gasteiger partial charge in [0.15, 0.2) is 5.96 Å². The molecule has 1 heterocycles. The maximum absolute atomic E-state index is 11.4. The zero-order chi connectivity index (χ0) is 17.3. The lowest BCUT2D eigenvalue weighted by Crippen LogP contribution is -2.42. The largest absolute Gasteiger partial charge is 0.369 e. The summed E-state index contributed by atoms with van der Waals surface area (Å²) in [7, 11) is 0. The Labute approximate surface area is 141 Å². The number of hydrogen-bond acceptors (Lipinski definition) is 3. The summed E-state index contributed by atoms with van der Waals surface area (Å²) in [5, 5.41) is 6.56. The molecule has 134 valence electrons. The summed E-state index contributed by atoms with van der Waals surface area (Å²) in [6.07, 6.45) is 5.10. The Hall–Kier alpha value is -1.30. The van der Waals surface area contributed by atoms with Crippen LogP contribution in [0.2, 0.25) is 0 Å². The molecule has 0 bridgehead atoms. The maximum Gasteiger partial charge on any atom is 0.224 e. The Morgan fingerprint density at radius 1 is 1.35 bits per heavy atom. The highest BCUT2D eigenvalue weighted by Gasteiger charge is 2.24. The first-order valence-corrected chi connectivity index (χ1v) is 8.93. The molecule has 1 amide bonds. The molecular formula is C17H35N5O. The molecule has 1 saturated heterocycles. The molecule has 0 saturated carbocycles. The van der Waals surface area contributed by atoms with Crippen molar-refractivity contribution < 1.29 is 4.79 Å². The van der Waals surface area contributed by atoms with Crippen LogP contribution in [0.3, 0.4) is 0 Å². The highest BCUT2D eigenvalue weighted by Crippen LogP contribution is 2.16. The van der Waals surface area contributed by atoms with Crippen molar-refractivity contribution in [2.75, 3.05) is 32.7 Å². The Morgan fingerprint density at radius 3 is 2.70 bits per heavy atom. The zero-order valence-corrected chi connectivity index (χ0v) is 15.3. The minimum absolute atomic E-state index is 0.323. The second kappa shape index (κ2) is 9.75. The van der Waals surface area contributed by atoms with Crippen LogP contribution in [0.15, 0.2) is 4.99 Å². The first kappa shape index (κ1) is 19.7. The van der Waals surface area contributed by atoms with E-state index in [0.29, 0.717) is 12.6 Å². The van der Waals surface area contributed by atoms with Crippen LogP contribution < -0.4 is 16.4 Å². The highest BCUT2D eigenvalue weighted by molar-refractivity contribution is 5.82. The topological polar surface area (TPSA) is 82.7 Å². The molecule has 1 aliphatic rings. The summed E-state index contributed by atoms with van der Waals surface area (Å²) in [5.74, 6) is 0.435. The Balaban J connectivity index is 2.36. The van der Waals surface area contributed by atoms with E-state index in [1.54, 1.807) is 0 Å². The standard InChI is InChI=1S/C17H35N5O/c1-5-19-16(21-13-17(3,4)15(18)23)20-10-8-12-22-11-7-6-9-14(22)2/h14H,5-13H2,1-4H3,(H2,18,23)(H2,19,20,21). The minimum Gasteiger partial charge on any atom is -0.369 e. The smallest absolute Gasteiger partial charge is 0.224 e. The summed E-state index contributed by atoms with van der Waals surface area (Å²) in [6, 6.07) is 0.710. The molecule has 6 heteroatoms. The quantitative estimate of drug-likeness (QED) is 0.357. The number of nitrogens with two attached hydrogens (primary N) is 1. The van der Waals surface area contributed by atoms with Gasteiger partial charge in [-0.05, 0) is 53.5 Å². The number of guanidine groups is 1. The first-order chi connectivity index (χ1) is 10.9. The average Bonchev–Trinajstić information content (AvgIpc) is 2.50. The maximum atomic E-state index is 11.4. The highest BCUT2D eigenvalue weighted by atomic mass is 16.1. The van der Waals surface area contributed by atoms with Crippen LogP contribution >= 0.6 is 0 Å². The van der Waals surface area contributed by atoms with Crippen LogP contribution in [-0.4, -0.2) is 55.5 Å². The number of nitrogens with one attached hydrogen (secondary N) is 2. The van der Waals surface area contributed by atoms with Crippen molar-refractivity contribution in [3.8, 4) is 0 Å². The van der Waals surface area contributed by atoms with Gasteiger partial charge in [0, 0.05) is 25.7 Å². The fraction of sp³-hybridized carbons (Fsp3) is 0.882. The van der Waals surface area contributed by atoms with Crippen molar-refractivity contribution in [2.24, 2.45) is 16.1 Å². The number of nitrogens with zero attached hydrogens (tertiary/aromatic N) is 2. The van der Waals surface area contributed by atoms with Gasteiger partial charge in [-0.3, -0.25) is 9.79 Å². The lowest BCUT2D eigenvalue weighted by Gasteiger charge is -2.33. The van der Waals surface area contributed by atoms with Gasteiger partial charge in [0.1, 0.15) is 0 Å². The van der Waals surface area contributed by atoms with Crippen molar-refractivity contribution in [1.29, 1.82) is 0 Å². The SMILES string of the molecule is CCNC(=NCC(C)(C)C(N)=O)NCCCN1CCCCC1C. The summed E-state index contributed by atoms with van der Waals surface area (Å²) in [5.41, 5.74) is 4.77. The Bertz CT molecular complexity index is 394. The van der Waals surface area contributed by atoms with Gasteiger partial charge < -0.3 is 21.3 Å². The van der Waals surface area contributed by atoms with Gasteiger partial charge in [0.05, 0.1) is 12.0 Å². The number of primary amides is 1. The Morgan fingerprint density at radius 2 is 2.09 bits per heavy atom. The van der Waals surface area contributed by atoms with Crippen LogP contribution in [0.4, 0.5) is 0 Å². The van der Waals surface area contributed by atoms with Gasteiger partial charge in [-0.1, -0.05) is 6.42 Å². The summed E-state index contributed by atoms with van der Waals surface area (Å²) in [4.78, 5) is 18.4. The summed E-state index contributed by atoms with van der Waals surface area (Å²) in [6.45, 7) is 12.4. The van der Waals surface area contributed by atoms with E-state index >= 15 is 0 Å². The summed E-state index contributed by atoms with van der Waals surface area (Å²) < 4.78 is 0. The van der Waals surface area contributed by atoms with E-state index in [0.717, 1.165) is 32.0 Å². The molecule has 1 fully saturated rings. The van der Waals surface area contributed by atoms with E-state index in [2.05, 4.69) is 27.4 Å². The predicted octanol–water partition coefficient (Wildman–Crippen LogP) is 1.32. The van der Waals surface area contributed by atoms with Gasteiger partial charge >= 0.3 is 0 Å². The van der Waals surface area contributed by atoms with Crippen molar-refractivity contribution >= 4 is 11.9 Å². The molecule has 0 aromatic heterocycles. The van der Waals surface area contributed by atoms with Crippen LogP contribution in [0.1, 0.15) is 53.4 Å². The van der Waals surface area contributed by atoms with E-state index in [9.17, 15) is 4.79 Å². The van der Waals surface area contributed by atoms with Crippen LogP contribution in [-0.2, 0) is 4.79 Å². The number of rotatable bonds is 8. The molecule has 1 unspecified atom stereocenters. The molecule has 0 aliphatic carbocycles. The monoisotopic (exact) mass is 325 g/mol. The van der Waals surface area contributed by atoms with Crippen molar-refractivity contribution in [3.05, 3.63) is 0 Å². The fourth-order valence-electron chi connectivity index (χ4n) is 2.68. The van der Waals surface area contributed by atoms with E-state index in [-0.39, 0.29) is 5.91 Å². The average molecular weight is 326 g/mol. The lowest BCUT2D eigenvalue weighted by molar-refractivity contribution is -0.125. The second-order valence-electron chi connectivity index (χ2n) is 7.10. The third-order valence-electron chi connectivity index (χ3n) is 4.50. The number of aliphatic imine (C=N–C) groups is 1. The molecule has 0 aromatic carbocycles. The molecule has 0 radical (unpaired) electrons. The van der Waals surface area contributed by atoms with E-state index in [4.69, 9.17) is 5.73 Å². The molecule has 1 rings (SSSR count). The molecule has 6 nitrogen and oxygen atoms in total. The third kappa shape index (κ3) is 7.20. The number of carbonyl (C=O) groups is 1.